The number of rotatable bonds is 4. The molecule has 0 N–H and O–H groups in total. The van der Waals surface area contributed by atoms with Gasteiger partial charge in [-0.3, -0.25) is 9.59 Å². The van der Waals surface area contributed by atoms with Crippen LogP contribution in [0, 0.1) is 0 Å². The summed E-state index contributed by atoms with van der Waals surface area (Å²) in [5.41, 5.74) is 1.76. The van der Waals surface area contributed by atoms with Crippen molar-refractivity contribution in [2.24, 2.45) is 0 Å². The van der Waals surface area contributed by atoms with Crippen LogP contribution in [0.3, 0.4) is 0 Å². The maximum absolute atomic E-state index is 13.8. The summed E-state index contributed by atoms with van der Waals surface area (Å²) < 4.78 is 0. The number of carbonyl (C=O) groups is 2. The molecular weight excluding hydrogens is 704 g/mol. The SMILES string of the molecule is CCCN1Cc2c(Cl)c(Cl)c3c4c(Cl)c(Cl)c5c6c(c(Cl)c(Cl)c(c7c(Cl)c(Cl)c(c2c37)C1=O)c64)CN(CCC)C5=O. The molecule has 0 fully saturated rings. The molecule has 2 aliphatic heterocycles. The molecule has 0 saturated heterocycles. The van der Waals surface area contributed by atoms with Crippen molar-refractivity contribution in [2.75, 3.05) is 13.1 Å². The van der Waals surface area contributed by atoms with Crippen molar-refractivity contribution in [3.8, 4) is 0 Å². The lowest BCUT2D eigenvalue weighted by Crippen LogP contribution is -2.35. The number of benzene rings is 5. The van der Waals surface area contributed by atoms with Gasteiger partial charge in [0.05, 0.1) is 51.3 Å². The fourth-order valence-electron chi connectivity index (χ4n) is 6.79. The molecule has 5 aromatic carbocycles. The third-order valence-corrected chi connectivity index (χ3v) is 11.9. The minimum absolute atomic E-state index is 0.0704. The Morgan fingerprint density at radius 3 is 1.07 bits per heavy atom. The van der Waals surface area contributed by atoms with Crippen LogP contribution in [-0.2, 0) is 13.1 Å². The van der Waals surface area contributed by atoms with E-state index in [9.17, 15) is 9.59 Å². The lowest BCUT2D eigenvalue weighted by molar-refractivity contribution is 0.0731. The summed E-state index contributed by atoms with van der Waals surface area (Å²) in [5, 5.41) is 5.27. The van der Waals surface area contributed by atoms with Crippen molar-refractivity contribution in [1.29, 1.82) is 0 Å². The van der Waals surface area contributed by atoms with Gasteiger partial charge in [-0.15, -0.1) is 0 Å². The zero-order chi connectivity index (χ0) is 30.1. The van der Waals surface area contributed by atoms with Crippen LogP contribution in [-0.4, -0.2) is 34.7 Å². The molecule has 0 spiro atoms. The Bertz CT molecular complexity index is 1940. The third-order valence-electron chi connectivity index (χ3n) is 8.41. The first-order valence-corrected chi connectivity index (χ1v) is 16.3. The Morgan fingerprint density at radius 1 is 0.452 bits per heavy atom. The highest BCUT2D eigenvalue weighted by Gasteiger charge is 2.39. The molecule has 0 aliphatic carbocycles. The molecule has 2 heterocycles. The van der Waals surface area contributed by atoms with Gasteiger partial charge in [-0.25, -0.2) is 0 Å². The van der Waals surface area contributed by atoms with Crippen LogP contribution in [0.1, 0.15) is 58.5 Å². The van der Waals surface area contributed by atoms with Crippen molar-refractivity contribution < 1.29 is 9.59 Å². The van der Waals surface area contributed by atoms with E-state index < -0.39 is 0 Å². The van der Waals surface area contributed by atoms with Gasteiger partial charge < -0.3 is 9.80 Å². The molecule has 7 rings (SSSR count). The van der Waals surface area contributed by atoms with Crippen LogP contribution >= 0.6 is 92.8 Å². The number of nitrogens with zero attached hydrogens (tertiary/aromatic N) is 2. The van der Waals surface area contributed by atoms with Gasteiger partial charge in [0.15, 0.2) is 0 Å². The zero-order valence-electron chi connectivity index (χ0n) is 22.0. The Balaban J connectivity index is 1.82. The predicted molar refractivity (Wildman–Crippen MR) is 178 cm³/mol. The van der Waals surface area contributed by atoms with Gasteiger partial charge in [-0.2, -0.15) is 0 Å². The van der Waals surface area contributed by atoms with Crippen molar-refractivity contribution >= 4 is 148 Å². The van der Waals surface area contributed by atoms with E-state index in [0.717, 1.165) is 12.8 Å². The van der Waals surface area contributed by atoms with Crippen LogP contribution in [0.5, 0.6) is 0 Å². The molecule has 12 heteroatoms. The highest BCUT2D eigenvalue weighted by atomic mass is 35.5. The number of hydrogen-bond donors (Lipinski definition) is 0. The number of amides is 2. The van der Waals surface area contributed by atoms with Gasteiger partial charge in [0.1, 0.15) is 0 Å². The lowest BCUT2D eigenvalue weighted by Gasteiger charge is -2.34. The maximum Gasteiger partial charge on any atom is 0.256 e. The molecule has 216 valence electrons. The zero-order valence-corrected chi connectivity index (χ0v) is 28.0. The van der Waals surface area contributed by atoms with Crippen LogP contribution in [0.4, 0.5) is 0 Å². The average molecular weight is 722 g/mol. The summed E-state index contributed by atoms with van der Waals surface area (Å²) in [4.78, 5) is 30.9. The predicted octanol–water partition coefficient (Wildman–Crippen LogP) is 11.7. The number of halogens is 8. The second kappa shape index (κ2) is 10.1. The molecule has 42 heavy (non-hydrogen) atoms. The van der Waals surface area contributed by atoms with E-state index in [1.807, 2.05) is 13.8 Å². The van der Waals surface area contributed by atoms with Gasteiger partial charge in [0.25, 0.3) is 11.8 Å². The van der Waals surface area contributed by atoms with E-state index in [-0.39, 0.29) is 76.2 Å². The first kappa shape index (κ1) is 29.4. The van der Waals surface area contributed by atoms with E-state index in [1.165, 1.54) is 0 Å². The van der Waals surface area contributed by atoms with E-state index in [1.54, 1.807) is 9.80 Å². The maximum atomic E-state index is 13.8. The minimum atomic E-state index is -0.266. The first-order chi connectivity index (χ1) is 20.0. The summed E-state index contributed by atoms with van der Waals surface area (Å²) in [6.45, 7) is 5.40. The largest absolute Gasteiger partial charge is 0.334 e. The molecule has 0 atom stereocenters. The quantitative estimate of drug-likeness (QED) is 0.137. The van der Waals surface area contributed by atoms with Crippen LogP contribution in [0.25, 0.3) is 43.1 Å². The lowest BCUT2D eigenvalue weighted by atomic mass is 9.82. The summed E-state index contributed by atoms with van der Waals surface area (Å²) >= 11 is 56.3. The van der Waals surface area contributed by atoms with Gasteiger partial charge in [-0.1, -0.05) is 107 Å². The van der Waals surface area contributed by atoms with E-state index in [4.69, 9.17) is 92.8 Å². The number of carbonyl (C=O) groups excluding carboxylic acids is 2. The van der Waals surface area contributed by atoms with Crippen LogP contribution in [0.2, 0.25) is 40.2 Å². The summed E-state index contributed by atoms with van der Waals surface area (Å²) in [5.74, 6) is -0.531. The van der Waals surface area contributed by atoms with Crippen molar-refractivity contribution in [3.05, 3.63) is 62.4 Å². The highest BCUT2D eigenvalue weighted by molar-refractivity contribution is 6.61. The normalized spacial score (nSPS) is 15.1. The van der Waals surface area contributed by atoms with E-state index in [2.05, 4.69) is 0 Å². The first-order valence-electron chi connectivity index (χ1n) is 13.3. The fraction of sp³-hybridized carbons (Fsp3) is 0.267. The molecule has 5 aromatic rings. The third kappa shape index (κ3) is 3.53. The number of hydrogen-bond acceptors (Lipinski definition) is 2. The molecule has 0 aromatic heterocycles. The topological polar surface area (TPSA) is 40.6 Å². The number of fused-ring (bicyclic) bond motifs is 2. The van der Waals surface area contributed by atoms with Crippen LogP contribution in [0.15, 0.2) is 0 Å². The van der Waals surface area contributed by atoms with Crippen molar-refractivity contribution in [3.63, 3.8) is 0 Å². The molecule has 2 amide bonds. The van der Waals surface area contributed by atoms with E-state index >= 15 is 0 Å². The van der Waals surface area contributed by atoms with Crippen LogP contribution < -0.4 is 0 Å². The van der Waals surface area contributed by atoms with Gasteiger partial charge in [0.2, 0.25) is 0 Å². The molecular formula is C30H18Cl8N2O2. The Morgan fingerprint density at radius 2 is 0.762 bits per heavy atom. The molecule has 0 unspecified atom stereocenters. The molecule has 0 radical (unpaired) electrons. The molecule has 0 bridgehead atoms. The van der Waals surface area contributed by atoms with E-state index in [0.29, 0.717) is 67.3 Å². The minimum Gasteiger partial charge on any atom is -0.334 e. The van der Waals surface area contributed by atoms with Crippen molar-refractivity contribution in [2.45, 2.75) is 39.8 Å². The highest BCUT2D eigenvalue weighted by Crippen LogP contribution is 2.59. The standard InChI is InChI=1S/C30H18Cl8N2O2/c1-3-5-39-7-9-11-13-15(23(33)21(9)31)18-14-12-10(8-40(6-4-2)30(42)20(12)28(38)26(18)36)22(32)24(34)16(14)17(13)25(35)27(37)19(11)29(39)41/h3-8H2,1-2H3. The Kier molecular flexibility index (Phi) is 7.05. The monoisotopic (exact) mass is 718 g/mol. The summed E-state index contributed by atoms with van der Waals surface area (Å²) in [6, 6.07) is 0. The Hall–Kier alpha value is -1.34. The van der Waals surface area contributed by atoms with Crippen molar-refractivity contribution in [1.82, 2.24) is 9.80 Å². The molecule has 2 aliphatic rings. The molecule has 0 saturated carbocycles. The average Bonchev–Trinajstić information content (AvgIpc) is 2.96. The Labute approximate surface area is 280 Å². The fourth-order valence-corrected chi connectivity index (χ4v) is 9.00. The summed E-state index contributed by atoms with van der Waals surface area (Å²) in [6.07, 6.45) is 1.46. The van der Waals surface area contributed by atoms with Gasteiger partial charge in [0, 0.05) is 80.4 Å². The summed E-state index contributed by atoms with van der Waals surface area (Å²) in [7, 11) is 0. The second-order valence-electron chi connectivity index (χ2n) is 10.7. The smallest absolute Gasteiger partial charge is 0.256 e. The second-order valence-corrected chi connectivity index (χ2v) is 13.7. The van der Waals surface area contributed by atoms with Gasteiger partial charge >= 0.3 is 0 Å². The molecule has 4 nitrogen and oxygen atoms in total. The van der Waals surface area contributed by atoms with Gasteiger partial charge in [-0.05, 0) is 12.8 Å².